The van der Waals surface area contributed by atoms with E-state index in [2.05, 4.69) is 26.7 Å². The van der Waals surface area contributed by atoms with E-state index in [1.807, 2.05) is 54.6 Å². The Hall–Kier alpha value is -3.90. The molecule has 0 bridgehead atoms. The number of aromatic amines is 1. The lowest BCUT2D eigenvalue weighted by Gasteiger charge is -2.20. The van der Waals surface area contributed by atoms with E-state index in [0.717, 1.165) is 16.5 Å². The first kappa shape index (κ1) is 22.3. The number of H-pyrrole nitrogens is 1. The molecule has 2 heterocycles. The van der Waals surface area contributed by atoms with Crippen LogP contribution in [0, 0.1) is 17.2 Å². The second-order valence-electron chi connectivity index (χ2n) is 8.19. The van der Waals surface area contributed by atoms with Crippen molar-refractivity contribution in [2.75, 3.05) is 6.54 Å². The summed E-state index contributed by atoms with van der Waals surface area (Å²) in [6.45, 7) is 0.585. The van der Waals surface area contributed by atoms with Crippen LogP contribution in [0.1, 0.15) is 28.9 Å². The van der Waals surface area contributed by atoms with Crippen molar-refractivity contribution in [1.82, 2.24) is 20.6 Å². The van der Waals surface area contributed by atoms with Crippen molar-refractivity contribution in [3.05, 3.63) is 71.9 Å². The summed E-state index contributed by atoms with van der Waals surface area (Å²) in [5.74, 6) is -0.725. The van der Waals surface area contributed by atoms with Gasteiger partial charge in [0.15, 0.2) is 0 Å². The third-order valence-corrected chi connectivity index (χ3v) is 8.12. The molecule has 1 aliphatic rings. The first-order chi connectivity index (χ1) is 16.0. The SMILES string of the molecule is N#C[C@H](CC1CCNC1=O)NC(=O)[Si@H](Cc1ccccc1)NC(=O)c1cc2ccccc2[nH]1. The van der Waals surface area contributed by atoms with Gasteiger partial charge in [-0.2, -0.15) is 5.26 Å². The third kappa shape index (κ3) is 5.48. The fourth-order valence-electron chi connectivity index (χ4n) is 4.06. The van der Waals surface area contributed by atoms with Crippen LogP contribution in [-0.4, -0.2) is 43.9 Å². The number of amides is 3. The number of benzene rings is 2. The van der Waals surface area contributed by atoms with Gasteiger partial charge in [0, 0.05) is 23.4 Å². The lowest BCUT2D eigenvalue weighted by atomic mass is 9.99. The molecular weight excluding hydrogens is 434 g/mol. The van der Waals surface area contributed by atoms with E-state index in [1.54, 1.807) is 6.07 Å². The number of aromatic nitrogens is 1. The van der Waals surface area contributed by atoms with Crippen LogP contribution in [0.25, 0.3) is 10.9 Å². The molecule has 33 heavy (non-hydrogen) atoms. The summed E-state index contributed by atoms with van der Waals surface area (Å²) in [6.07, 6.45) is 0.908. The Morgan fingerprint density at radius 1 is 1.15 bits per heavy atom. The molecule has 168 valence electrons. The molecule has 2 aromatic carbocycles. The van der Waals surface area contributed by atoms with E-state index in [0.29, 0.717) is 24.7 Å². The van der Waals surface area contributed by atoms with Crippen LogP contribution in [0.2, 0.25) is 0 Å². The van der Waals surface area contributed by atoms with Crippen LogP contribution in [0.15, 0.2) is 60.7 Å². The maximum atomic E-state index is 13.2. The number of carbonyl (C=O) groups excluding carboxylic acids is 3. The van der Waals surface area contributed by atoms with Crippen LogP contribution in [-0.2, 0) is 10.8 Å². The lowest BCUT2D eigenvalue weighted by molar-refractivity contribution is -0.122. The molecule has 0 aliphatic carbocycles. The summed E-state index contributed by atoms with van der Waals surface area (Å²) in [4.78, 5) is 44.1. The molecular formula is C24H25N5O3Si. The molecule has 1 unspecified atom stereocenters. The monoisotopic (exact) mass is 459 g/mol. The highest BCUT2D eigenvalue weighted by Crippen LogP contribution is 2.17. The quantitative estimate of drug-likeness (QED) is 0.385. The Kier molecular flexibility index (Phi) is 6.85. The zero-order chi connectivity index (χ0) is 23.2. The predicted octanol–water partition coefficient (Wildman–Crippen LogP) is 2.11. The van der Waals surface area contributed by atoms with Gasteiger partial charge < -0.3 is 20.6 Å². The van der Waals surface area contributed by atoms with Crippen molar-refractivity contribution in [3.63, 3.8) is 0 Å². The summed E-state index contributed by atoms with van der Waals surface area (Å²) in [5, 5.41) is 16.0. The van der Waals surface area contributed by atoms with E-state index in [9.17, 15) is 19.6 Å². The maximum Gasteiger partial charge on any atom is 0.260 e. The van der Waals surface area contributed by atoms with Gasteiger partial charge in [0.1, 0.15) is 11.7 Å². The van der Waals surface area contributed by atoms with Gasteiger partial charge in [-0.25, -0.2) is 0 Å². The Balaban J connectivity index is 1.49. The third-order valence-electron chi connectivity index (χ3n) is 5.83. The minimum Gasteiger partial charge on any atom is -0.370 e. The van der Waals surface area contributed by atoms with Gasteiger partial charge in [0.05, 0.1) is 6.07 Å². The van der Waals surface area contributed by atoms with Crippen molar-refractivity contribution in [1.29, 1.82) is 5.26 Å². The fraction of sp³-hybridized carbons (Fsp3) is 0.250. The Morgan fingerprint density at radius 3 is 2.61 bits per heavy atom. The summed E-state index contributed by atoms with van der Waals surface area (Å²) in [5.41, 5.74) is 1.83. The predicted molar refractivity (Wildman–Crippen MR) is 127 cm³/mol. The number of fused-ring (bicyclic) bond motifs is 1. The van der Waals surface area contributed by atoms with Crippen LogP contribution in [0.4, 0.5) is 4.79 Å². The molecule has 9 heteroatoms. The van der Waals surface area contributed by atoms with Crippen LogP contribution < -0.4 is 15.6 Å². The number of para-hydroxylation sites is 1. The largest absolute Gasteiger partial charge is 0.370 e. The molecule has 1 saturated heterocycles. The molecule has 0 spiro atoms. The van der Waals surface area contributed by atoms with Gasteiger partial charge in [-0.15, -0.1) is 0 Å². The summed E-state index contributed by atoms with van der Waals surface area (Å²) >= 11 is 0. The molecule has 3 aromatic rings. The van der Waals surface area contributed by atoms with Crippen LogP contribution in [0.3, 0.4) is 0 Å². The molecule has 1 fully saturated rings. The van der Waals surface area contributed by atoms with Gasteiger partial charge in [0.25, 0.3) is 5.91 Å². The van der Waals surface area contributed by atoms with E-state index in [4.69, 9.17) is 0 Å². The molecule has 4 rings (SSSR count). The van der Waals surface area contributed by atoms with E-state index < -0.39 is 15.0 Å². The number of nitrogens with zero attached hydrogens (tertiary/aromatic N) is 1. The van der Waals surface area contributed by atoms with Gasteiger partial charge in [-0.05, 0) is 36.6 Å². The molecule has 3 atom stereocenters. The molecule has 8 nitrogen and oxygen atoms in total. The number of hydrogen-bond acceptors (Lipinski definition) is 4. The molecule has 4 N–H and O–H groups in total. The van der Waals surface area contributed by atoms with Crippen molar-refractivity contribution in [2.24, 2.45) is 5.92 Å². The average Bonchev–Trinajstić information content (AvgIpc) is 3.44. The number of nitrogens with one attached hydrogen (secondary N) is 4. The van der Waals surface area contributed by atoms with Gasteiger partial charge in [-0.1, -0.05) is 48.5 Å². The highest BCUT2D eigenvalue weighted by Gasteiger charge is 2.31. The summed E-state index contributed by atoms with van der Waals surface area (Å²) in [7, 11) is -2.58. The fourth-order valence-corrected chi connectivity index (χ4v) is 6.10. The van der Waals surface area contributed by atoms with Gasteiger partial charge in [-0.3, -0.25) is 14.4 Å². The van der Waals surface area contributed by atoms with E-state index >= 15 is 0 Å². The van der Waals surface area contributed by atoms with E-state index in [-0.39, 0.29) is 29.7 Å². The molecule has 0 saturated carbocycles. The van der Waals surface area contributed by atoms with E-state index in [1.165, 1.54) is 0 Å². The standard InChI is InChI=1S/C24H25N5O3Si/c25-14-19(12-18-10-11-26-22(18)30)27-24(32)33(15-16-6-2-1-3-7-16)29-23(31)21-13-17-8-4-5-9-20(17)28-21/h1-9,13,18-19,28,33H,10-12,15H2,(H,26,30)(H,27,32)(H,29,31)/t18?,19-,33-/m0/s1. The Labute approximate surface area is 193 Å². The molecule has 1 aliphatic heterocycles. The van der Waals surface area contributed by atoms with Crippen molar-refractivity contribution in [2.45, 2.75) is 24.9 Å². The number of carbonyl (C=O) groups is 3. The summed E-state index contributed by atoms with van der Waals surface area (Å²) in [6, 6.07) is 20.5. The maximum absolute atomic E-state index is 13.2. The minimum absolute atomic E-state index is 0.0882. The second kappa shape index (κ2) is 10.1. The zero-order valence-electron chi connectivity index (χ0n) is 18.0. The number of hydrogen-bond donors (Lipinski definition) is 4. The highest BCUT2D eigenvalue weighted by atomic mass is 28.3. The average molecular weight is 460 g/mol. The Bertz CT molecular complexity index is 1170. The topological polar surface area (TPSA) is 127 Å². The lowest BCUT2D eigenvalue weighted by Crippen LogP contribution is -2.54. The minimum atomic E-state index is -2.58. The van der Waals surface area contributed by atoms with Crippen molar-refractivity contribution >= 4 is 37.2 Å². The second-order valence-corrected chi connectivity index (χ2v) is 10.5. The molecule has 1 aromatic heterocycles. The van der Waals surface area contributed by atoms with Gasteiger partial charge >= 0.3 is 0 Å². The summed E-state index contributed by atoms with van der Waals surface area (Å²) < 4.78 is 0. The first-order valence-corrected chi connectivity index (χ1v) is 12.9. The van der Waals surface area contributed by atoms with Gasteiger partial charge in [0.2, 0.25) is 20.4 Å². The zero-order valence-corrected chi connectivity index (χ0v) is 19.2. The van der Waals surface area contributed by atoms with Crippen molar-refractivity contribution < 1.29 is 14.4 Å². The number of rotatable bonds is 8. The smallest absolute Gasteiger partial charge is 0.260 e. The van der Waals surface area contributed by atoms with Crippen LogP contribution >= 0.6 is 0 Å². The molecule has 0 radical (unpaired) electrons. The Morgan fingerprint density at radius 2 is 1.91 bits per heavy atom. The molecule has 3 amide bonds. The normalized spacial score (nSPS) is 17.1. The first-order valence-electron chi connectivity index (χ1n) is 10.9. The van der Waals surface area contributed by atoms with Crippen molar-refractivity contribution in [3.8, 4) is 6.07 Å². The highest BCUT2D eigenvalue weighted by molar-refractivity contribution is 6.89. The van der Waals surface area contributed by atoms with Crippen LogP contribution in [0.5, 0.6) is 0 Å². The number of nitriles is 1.